The van der Waals surface area contributed by atoms with Crippen molar-refractivity contribution in [3.8, 4) is 11.5 Å². The molecular formula is C24H25NO2. The van der Waals surface area contributed by atoms with Gasteiger partial charge in [-0.25, -0.2) is 0 Å². The average Bonchev–Trinajstić information content (AvgIpc) is 2.66. The van der Waals surface area contributed by atoms with Crippen LogP contribution in [0.1, 0.15) is 27.8 Å². The van der Waals surface area contributed by atoms with Gasteiger partial charge >= 0.3 is 0 Å². The Morgan fingerprint density at radius 3 is 1.63 bits per heavy atom. The van der Waals surface area contributed by atoms with E-state index in [2.05, 4.69) is 44.7 Å². The third-order valence-electron chi connectivity index (χ3n) is 4.56. The first kappa shape index (κ1) is 18.6. The van der Waals surface area contributed by atoms with Crippen LogP contribution in [0.4, 0.5) is 0 Å². The molecule has 0 saturated carbocycles. The van der Waals surface area contributed by atoms with Gasteiger partial charge in [-0.2, -0.15) is 0 Å². The van der Waals surface area contributed by atoms with Crippen LogP contribution < -0.4 is 15.2 Å². The van der Waals surface area contributed by atoms with Crippen LogP contribution in [0, 0.1) is 13.8 Å². The van der Waals surface area contributed by atoms with E-state index >= 15 is 0 Å². The maximum atomic E-state index is 6.00. The lowest BCUT2D eigenvalue weighted by Crippen LogP contribution is -2.02. The van der Waals surface area contributed by atoms with E-state index in [9.17, 15) is 0 Å². The molecule has 0 heterocycles. The fourth-order valence-corrected chi connectivity index (χ4v) is 2.79. The lowest BCUT2D eigenvalue weighted by atomic mass is 10.1. The number of nitrogens with two attached hydrogens (primary N) is 1. The summed E-state index contributed by atoms with van der Waals surface area (Å²) < 4.78 is 12.0. The van der Waals surface area contributed by atoms with Gasteiger partial charge in [0.15, 0.2) is 0 Å². The zero-order chi connectivity index (χ0) is 19.2. The van der Waals surface area contributed by atoms with Gasteiger partial charge in [0.2, 0.25) is 0 Å². The van der Waals surface area contributed by atoms with Crippen molar-refractivity contribution in [2.75, 3.05) is 0 Å². The summed E-state index contributed by atoms with van der Waals surface area (Å²) in [7, 11) is 0. The van der Waals surface area contributed by atoms with Crippen molar-refractivity contribution in [2.24, 2.45) is 5.73 Å². The SMILES string of the molecule is C=C(N)c1cc(OCc2ccccc2C)cc(OCc2ccccc2C)c1. The van der Waals surface area contributed by atoms with E-state index in [1.165, 1.54) is 11.1 Å². The highest BCUT2D eigenvalue weighted by molar-refractivity contribution is 5.63. The van der Waals surface area contributed by atoms with Crippen LogP contribution in [0.3, 0.4) is 0 Å². The van der Waals surface area contributed by atoms with E-state index in [0.717, 1.165) is 16.7 Å². The summed E-state index contributed by atoms with van der Waals surface area (Å²) in [6, 6.07) is 22.0. The van der Waals surface area contributed by atoms with E-state index in [0.29, 0.717) is 30.4 Å². The van der Waals surface area contributed by atoms with Crippen molar-refractivity contribution in [1.29, 1.82) is 0 Å². The molecule has 0 saturated heterocycles. The topological polar surface area (TPSA) is 44.5 Å². The summed E-state index contributed by atoms with van der Waals surface area (Å²) in [6.07, 6.45) is 0. The maximum absolute atomic E-state index is 6.00. The smallest absolute Gasteiger partial charge is 0.124 e. The monoisotopic (exact) mass is 359 g/mol. The van der Waals surface area contributed by atoms with Gasteiger partial charge in [-0.3, -0.25) is 0 Å². The predicted octanol–water partition coefficient (Wildman–Crippen LogP) is 5.39. The quantitative estimate of drug-likeness (QED) is 0.615. The van der Waals surface area contributed by atoms with Crippen LogP contribution in [0.5, 0.6) is 11.5 Å². The van der Waals surface area contributed by atoms with Crippen LogP contribution in [0.2, 0.25) is 0 Å². The first-order valence-corrected chi connectivity index (χ1v) is 8.97. The first-order chi connectivity index (χ1) is 13.0. The van der Waals surface area contributed by atoms with Gasteiger partial charge < -0.3 is 15.2 Å². The number of benzene rings is 3. The Morgan fingerprint density at radius 2 is 1.22 bits per heavy atom. The lowest BCUT2D eigenvalue weighted by molar-refractivity contribution is 0.289. The summed E-state index contributed by atoms with van der Waals surface area (Å²) in [5, 5.41) is 0. The van der Waals surface area contributed by atoms with Crippen LogP contribution in [-0.2, 0) is 13.2 Å². The second kappa shape index (κ2) is 8.45. The molecule has 0 aliphatic rings. The second-order valence-corrected chi connectivity index (χ2v) is 6.65. The zero-order valence-electron chi connectivity index (χ0n) is 15.9. The van der Waals surface area contributed by atoms with E-state index < -0.39 is 0 Å². The molecule has 0 aliphatic heterocycles. The average molecular weight is 359 g/mol. The van der Waals surface area contributed by atoms with Gasteiger partial charge in [-0.05, 0) is 48.2 Å². The molecule has 0 spiro atoms. The number of rotatable bonds is 7. The molecule has 3 aromatic rings. The van der Waals surface area contributed by atoms with E-state index in [4.69, 9.17) is 15.2 Å². The highest BCUT2D eigenvalue weighted by Gasteiger charge is 2.07. The standard InChI is InChI=1S/C24H25NO2/c1-17-8-4-6-10-20(17)15-26-23-12-22(19(3)25)13-24(14-23)27-16-21-11-7-5-9-18(21)2/h4-14H,3,15-16,25H2,1-2H3. The van der Waals surface area contributed by atoms with Gasteiger partial charge in [0.25, 0.3) is 0 Å². The molecule has 27 heavy (non-hydrogen) atoms. The molecule has 0 unspecified atom stereocenters. The van der Waals surface area contributed by atoms with Gasteiger partial charge in [0.05, 0.1) is 0 Å². The molecule has 2 N–H and O–H groups in total. The summed E-state index contributed by atoms with van der Waals surface area (Å²) in [6.45, 7) is 8.97. The first-order valence-electron chi connectivity index (χ1n) is 8.97. The van der Waals surface area contributed by atoms with Crippen LogP contribution in [0.25, 0.3) is 5.70 Å². The molecule has 3 heteroatoms. The fraction of sp³-hybridized carbons (Fsp3) is 0.167. The number of hydrogen-bond acceptors (Lipinski definition) is 3. The summed E-state index contributed by atoms with van der Waals surface area (Å²) >= 11 is 0. The largest absolute Gasteiger partial charge is 0.489 e. The molecule has 0 radical (unpaired) electrons. The third kappa shape index (κ3) is 4.91. The molecule has 0 bridgehead atoms. The normalized spacial score (nSPS) is 10.4. The van der Waals surface area contributed by atoms with Crippen molar-refractivity contribution in [2.45, 2.75) is 27.1 Å². The van der Waals surface area contributed by atoms with Gasteiger partial charge in [-0.15, -0.1) is 0 Å². The van der Waals surface area contributed by atoms with Crippen molar-refractivity contribution < 1.29 is 9.47 Å². The van der Waals surface area contributed by atoms with E-state index in [1.807, 2.05) is 42.5 Å². The predicted molar refractivity (Wildman–Crippen MR) is 111 cm³/mol. The maximum Gasteiger partial charge on any atom is 0.124 e. The third-order valence-corrected chi connectivity index (χ3v) is 4.56. The van der Waals surface area contributed by atoms with E-state index in [1.54, 1.807) is 0 Å². The number of ether oxygens (including phenoxy) is 2. The van der Waals surface area contributed by atoms with Crippen molar-refractivity contribution in [1.82, 2.24) is 0 Å². The minimum absolute atomic E-state index is 0.483. The number of hydrogen-bond donors (Lipinski definition) is 1. The molecular weight excluding hydrogens is 334 g/mol. The van der Waals surface area contributed by atoms with Crippen LogP contribution in [-0.4, -0.2) is 0 Å². The zero-order valence-corrected chi connectivity index (χ0v) is 15.9. The Hall–Kier alpha value is -3.20. The van der Waals surface area contributed by atoms with Crippen molar-refractivity contribution in [3.05, 3.63) is 101 Å². The van der Waals surface area contributed by atoms with Crippen molar-refractivity contribution in [3.63, 3.8) is 0 Å². The molecule has 3 rings (SSSR count). The Labute approximate surface area is 161 Å². The molecule has 0 aromatic heterocycles. The molecule has 0 amide bonds. The Kier molecular flexibility index (Phi) is 5.82. The van der Waals surface area contributed by atoms with Crippen LogP contribution >= 0.6 is 0 Å². The lowest BCUT2D eigenvalue weighted by Gasteiger charge is -2.14. The summed E-state index contributed by atoms with van der Waals surface area (Å²) in [4.78, 5) is 0. The van der Waals surface area contributed by atoms with E-state index in [-0.39, 0.29) is 0 Å². The minimum atomic E-state index is 0.483. The molecule has 0 fully saturated rings. The highest BCUT2D eigenvalue weighted by atomic mass is 16.5. The van der Waals surface area contributed by atoms with Gasteiger partial charge in [-0.1, -0.05) is 55.1 Å². The molecule has 0 aliphatic carbocycles. The van der Waals surface area contributed by atoms with Gasteiger partial charge in [0.1, 0.15) is 24.7 Å². The molecule has 3 aromatic carbocycles. The summed E-state index contributed by atoms with van der Waals surface area (Å²) in [5.41, 5.74) is 11.9. The molecule has 138 valence electrons. The number of aryl methyl sites for hydroxylation is 2. The van der Waals surface area contributed by atoms with Crippen LogP contribution in [0.15, 0.2) is 73.3 Å². The Morgan fingerprint density at radius 1 is 0.778 bits per heavy atom. The second-order valence-electron chi connectivity index (χ2n) is 6.65. The van der Waals surface area contributed by atoms with Crippen molar-refractivity contribution >= 4 is 5.70 Å². The highest BCUT2D eigenvalue weighted by Crippen LogP contribution is 2.27. The fourth-order valence-electron chi connectivity index (χ4n) is 2.79. The van der Waals surface area contributed by atoms with Gasteiger partial charge in [0, 0.05) is 17.3 Å². The molecule has 0 atom stereocenters. The Balaban J connectivity index is 1.77. The Bertz CT molecular complexity index is 879. The summed E-state index contributed by atoms with van der Waals surface area (Å²) in [5.74, 6) is 1.42. The molecule has 3 nitrogen and oxygen atoms in total. The minimum Gasteiger partial charge on any atom is -0.489 e.